The number of nitrogens with zero attached hydrogens (tertiary/aromatic N) is 5. The topological polar surface area (TPSA) is 60.0 Å². The summed E-state index contributed by atoms with van der Waals surface area (Å²) in [6.07, 6.45) is 0. The Morgan fingerprint density at radius 3 is 1.83 bits per heavy atom. The van der Waals surface area contributed by atoms with Crippen molar-refractivity contribution in [2.45, 2.75) is 6.92 Å². The highest BCUT2D eigenvalue weighted by atomic mass is 16.3. The highest BCUT2D eigenvalue weighted by Gasteiger charge is 2.44. The molecule has 7 heteroatoms. The quantitative estimate of drug-likeness (QED) is 0.162. The van der Waals surface area contributed by atoms with Crippen LogP contribution in [0.1, 0.15) is 5.56 Å². The van der Waals surface area contributed by atoms with Crippen molar-refractivity contribution in [2.75, 3.05) is 4.90 Å². The summed E-state index contributed by atoms with van der Waals surface area (Å²) >= 11 is 0. The van der Waals surface area contributed by atoms with E-state index in [-0.39, 0.29) is 6.85 Å². The van der Waals surface area contributed by atoms with Crippen LogP contribution in [0.4, 0.5) is 17.1 Å². The lowest BCUT2D eigenvalue weighted by molar-refractivity contribution is 0.673. The Morgan fingerprint density at radius 1 is 0.477 bits per heavy atom. The summed E-state index contributed by atoms with van der Waals surface area (Å²) in [5.74, 6) is 1.90. The van der Waals surface area contributed by atoms with E-state index in [1.807, 2.05) is 36.4 Å². The summed E-state index contributed by atoms with van der Waals surface area (Å²) < 4.78 is 9.47. The minimum absolute atomic E-state index is 0.0926. The van der Waals surface area contributed by atoms with Crippen LogP contribution in [0.5, 0.6) is 0 Å². The number of fused-ring (bicyclic) bond motifs is 11. The molecule has 0 atom stereocenters. The van der Waals surface area contributed by atoms with E-state index in [4.69, 9.17) is 19.4 Å². The maximum atomic E-state index is 6.86. The second-order valence-electron chi connectivity index (χ2n) is 17.1. The van der Waals surface area contributed by atoms with Crippen LogP contribution >= 0.6 is 0 Å². The molecule has 0 amide bonds. The Bertz CT molecular complexity index is 3860. The Labute approximate surface area is 374 Å². The minimum Gasteiger partial charge on any atom is -0.455 e. The van der Waals surface area contributed by atoms with E-state index in [2.05, 4.69) is 180 Å². The third kappa shape index (κ3) is 5.21. The molecule has 9 aromatic carbocycles. The summed E-state index contributed by atoms with van der Waals surface area (Å²) in [4.78, 5) is 17.7. The lowest BCUT2D eigenvalue weighted by Crippen LogP contribution is -2.56. The zero-order valence-electron chi connectivity index (χ0n) is 35.3. The fourth-order valence-electron chi connectivity index (χ4n) is 10.8. The molecule has 0 saturated carbocycles. The molecule has 0 bridgehead atoms. The van der Waals surface area contributed by atoms with Gasteiger partial charge in [0.2, 0.25) is 0 Å². The second kappa shape index (κ2) is 13.7. The fourth-order valence-corrected chi connectivity index (χ4v) is 10.8. The molecule has 0 radical (unpaired) electrons. The molecule has 65 heavy (non-hydrogen) atoms. The standard InChI is InChI=1S/C58H36BN5O/c1-35-43(38-22-17-23-39(32-38)58-61-56(36-18-5-2-6-19-36)60-57(62-58)37-20-7-3-8-21-37)34-49-53-51(35)45-33-44-41-26-12-16-31-50(41)65-55(44)52-42-27-11-14-29-47(42)64(54(45)52)59(53)46-28-13-15-30-48(46)63(49)40-24-9-4-10-25-40/h2-34H,1H3. The molecule has 0 saturated heterocycles. The van der Waals surface area contributed by atoms with E-state index in [0.717, 1.165) is 72.2 Å². The van der Waals surface area contributed by atoms with Crippen LogP contribution in [0.15, 0.2) is 205 Å². The number of hydrogen-bond acceptors (Lipinski definition) is 5. The molecule has 2 aliphatic rings. The van der Waals surface area contributed by atoms with Crippen LogP contribution in [0.25, 0.3) is 100 Å². The van der Waals surface area contributed by atoms with Crippen LogP contribution in [0, 0.1) is 6.92 Å². The largest absolute Gasteiger partial charge is 0.455 e. The number of hydrogen-bond donors (Lipinski definition) is 0. The molecule has 2 aliphatic heterocycles. The lowest BCUT2D eigenvalue weighted by atomic mass is 9.44. The van der Waals surface area contributed by atoms with Gasteiger partial charge in [-0.3, -0.25) is 0 Å². The van der Waals surface area contributed by atoms with Gasteiger partial charge in [0, 0.05) is 66.5 Å². The number of aromatic nitrogens is 4. The van der Waals surface area contributed by atoms with Gasteiger partial charge in [-0.2, -0.15) is 0 Å². The van der Waals surface area contributed by atoms with Crippen molar-refractivity contribution in [3.8, 4) is 56.4 Å². The van der Waals surface area contributed by atoms with E-state index in [9.17, 15) is 0 Å². The molecule has 302 valence electrons. The van der Waals surface area contributed by atoms with Crippen molar-refractivity contribution < 1.29 is 4.42 Å². The highest BCUT2D eigenvalue weighted by Crippen LogP contribution is 2.51. The van der Waals surface area contributed by atoms with Crippen LogP contribution in [0.3, 0.4) is 0 Å². The van der Waals surface area contributed by atoms with Crippen LogP contribution in [-0.4, -0.2) is 26.3 Å². The van der Waals surface area contributed by atoms with E-state index < -0.39 is 0 Å². The van der Waals surface area contributed by atoms with Gasteiger partial charge in [-0.1, -0.05) is 152 Å². The van der Waals surface area contributed by atoms with Crippen molar-refractivity contribution in [3.63, 3.8) is 0 Å². The van der Waals surface area contributed by atoms with Gasteiger partial charge >= 0.3 is 6.85 Å². The lowest BCUT2D eigenvalue weighted by Gasteiger charge is -2.41. The van der Waals surface area contributed by atoms with Gasteiger partial charge in [0.1, 0.15) is 11.2 Å². The van der Waals surface area contributed by atoms with Crippen molar-refractivity contribution in [1.29, 1.82) is 0 Å². The predicted octanol–water partition coefficient (Wildman–Crippen LogP) is 13.3. The summed E-state index contributed by atoms with van der Waals surface area (Å²) in [5, 5.41) is 4.59. The highest BCUT2D eigenvalue weighted by molar-refractivity contribution is 6.90. The summed E-state index contributed by atoms with van der Waals surface area (Å²) in [6, 6.07) is 71.0. The first kappa shape index (κ1) is 36.0. The van der Waals surface area contributed by atoms with Crippen LogP contribution in [-0.2, 0) is 0 Å². The number of anilines is 3. The van der Waals surface area contributed by atoms with Crippen molar-refractivity contribution in [1.82, 2.24) is 19.4 Å². The van der Waals surface area contributed by atoms with Crippen LogP contribution < -0.4 is 15.8 Å². The zero-order chi connectivity index (χ0) is 42.8. The number of para-hydroxylation sites is 4. The zero-order valence-corrected chi connectivity index (χ0v) is 35.3. The molecular weight excluding hydrogens is 793 g/mol. The molecule has 12 aromatic rings. The SMILES string of the molecule is Cc1c(-c2cccc(-c3nc(-c4ccccc4)nc(-c4ccccc4)n3)c2)cc2c3c1-c1cc4c5ccccc5oc4c4c5ccccc5n(c14)B3c1ccccc1N2c1ccccc1. The molecular formula is C58H36BN5O. The van der Waals surface area contributed by atoms with Gasteiger partial charge in [-0.25, -0.2) is 15.0 Å². The molecule has 0 fully saturated rings. The molecule has 5 heterocycles. The number of furan rings is 1. The summed E-state index contributed by atoms with van der Waals surface area (Å²) in [5.41, 5.74) is 18.9. The Morgan fingerprint density at radius 2 is 1.08 bits per heavy atom. The average molecular weight is 830 g/mol. The first-order valence-electron chi connectivity index (χ1n) is 22.1. The van der Waals surface area contributed by atoms with Gasteiger partial charge in [0.15, 0.2) is 17.5 Å². The molecule has 0 N–H and O–H groups in total. The van der Waals surface area contributed by atoms with E-state index >= 15 is 0 Å². The number of benzene rings is 9. The minimum atomic E-state index is -0.0926. The molecule has 14 rings (SSSR count). The summed E-state index contributed by atoms with van der Waals surface area (Å²) in [7, 11) is 0. The predicted molar refractivity (Wildman–Crippen MR) is 267 cm³/mol. The first-order chi connectivity index (χ1) is 32.2. The van der Waals surface area contributed by atoms with Crippen molar-refractivity contribution in [2.24, 2.45) is 0 Å². The third-order valence-corrected chi connectivity index (χ3v) is 13.6. The van der Waals surface area contributed by atoms with Crippen molar-refractivity contribution in [3.05, 3.63) is 206 Å². The monoisotopic (exact) mass is 829 g/mol. The molecule has 3 aromatic heterocycles. The second-order valence-corrected chi connectivity index (χ2v) is 17.1. The maximum absolute atomic E-state index is 6.86. The van der Waals surface area contributed by atoms with E-state index in [1.54, 1.807) is 0 Å². The van der Waals surface area contributed by atoms with Gasteiger partial charge in [0.25, 0.3) is 0 Å². The van der Waals surface area contributed by atoms with Gasteiger partial charge in [0.05, 0.1) is 5.39 Å². The van der Waals surface area contributed by atoms with E-state index in [0.29, 0.717) is 17.5 Å². The first-order valence-corrected chi connectivity index (χ1v) is 22.1. The van der Waals surface area contributed by atoms with E-state index in [1.165, 1.54) is 44.0 Å². The smallest absolute Gasteiger partial charge is 0.333 e. The molecule has 0 spiro atoms. The maximum Gasteiger partial charge on any atom is 0.333 e. The fraction of sp³-hybridized carbons (Fsp3) is 0.0172. The molecule has 0 unspecified atom stereocenters. The number of rotatable bonds is 5. The van der Waals surface area contributed by atoms with Crippen LogP contribution in [0.2, 0.25) is 0 Å². The Kier molecular flexibility index (Phi) is 7.60. The molecule has 6 nitrogen and oxygen atoms in total. The van der Waals surface area contributed by atoms with Gasteiger partial charge in [-0.05, 0) is 88.6 Å². The summed E-state index contributed by atoms with van der Waals surface area (Å²) in [6.45, 7) is 2.22. The average Bonchev–Trinajstić information content (AvgIpc) is 3.92. The normalized spacial score (nSPS) is 12.6. The Hall–Kier alpha value is -8.55. The Balaban J connectivity index is 1.08. The molecule has 0 aliphatic carbocycles. The third-order valence-electron chi connectivity index (χ3n) is 13.6. The van der Waals surface area contributed by atoms with Gasteiger partial charge in [-0.15, -0.1) is 0 Å². The van der Waals surface area contributed by atoms with Gasteiger partial charge < -0.3 is 13.8 Å². The van der Waals surface area contributed by atoms with Crippen molar-refractivity contribution >= 4 is 78.6 Å².